The number of fused-ring (bicyclic) bond motifs is 1. The van der Waals surface area contributed by atoms with E-state index in [0.717, 1.165) is 11.4 Å². The lowest BCUT2D eigenvalue weighted by atomic mass is 9.74. The maximum absolute atomic E-state index is 6.25. The van der Waals surface area contributed by atoms with Crippen molar-refractivity contribution >= 4 is 11.3 Å². The predicted octanol–water partition coefficient (Wildman–Crippen LogP) is 3.18. The van der Waals surface area contributed by atoms with Crippen molar-refractivity contribution in [2.75, 3.05) is 0 Å². The van der Waals surface area contributed by atoms with Crippen molar-refractivity contribution in [3.8, 4) is 0 Å². The van der Waals surface area contributed by atoms with Crippen molar-refractivity contribution in [2.45, 2.75) is 31.7 Å². The Morgan fingerprint density at radius 3 is 3.00 bits per heavy atom. The summed E-state index contributed by atoms with van der Waals surface area (Å²) in [7, 11) is 0. The van der Waals surface area contributed by atoms with Crippen LogP contribution < -0.4 is 5.73 Å². The van der Waals surface area contributed by atoms with E-state index in [4.69, 9.17) is 5.73 Å². The van der Waals surface area contributed by atoms with Crippen LogP contribution in [0.2, 0.25) is 0 Å². The second kappa shape index (κ2) is 4.24. The first-order valence-corrected chi connectivity index (χ1v) is 6.81. The zero-order chi connectivity index (χ0) is 11.8. The maximum atomic E-state index is 6.25. The number of rotatable bonds is 3. The summed E-state index contributed by atoms with van der Waals surface area (Å²) < 4.78 is 0. The molecule has 2 N–H and O–H groups in total. The quantitative estimate of drug-likeness (QED) is 0.900. The molecular weight excluding hydrogens is 228 g/mol. The minimum Gasteiger partial charge on any atom is -0.323 e. The summed E-state index contributed by atoms with van der Waals surface area (Å²) in [6.45, 7) is 2.03. The first-order valence-electron chi connectivity index (χ1n) is 6.00. The summed E-state index contributed by atoms with van der Waals surface area (Å²) in [5, 5.41) is 1.10. The highest BCUT2D eigenvalue weighted by Crippen LogP contribution is 2.40. The van der Waals surface area contributed by atoms with Gasteiger partial charge in [-0.3, -0.25) is 0 Å². The van der Waals surface area contributed by atoms with Gasteiger partial charge < -0.3 is 5.73 Å². The van der Waals surface area contributed by atoms with Gasteiger partial charge in [0.1, 0.15) is 0 Å². The fourth-order valence-electron chi connectivity index (χ4n) is 2.54. The molecule has 2 unspecified atom stereocenters. The van der Waals surface area contributed by atoms with Crippen molar-refractivity contribution < 1.29 is 0 Å². The van der Waals surface area contributed by atoms with E-state index >= 15 is 0 Å². The molecule has 0 saturated carbocycles. The molecule has 2 nitrogen and oxygen atoms in total. The Kier molecular flexibility index (Phi) is 2.73. The number of aryl methyl sites for hydroxylation is 1. The second-order valence-corrected chi connectivity index (χ2v) is 5.99. The van der Waals surface area contributed by atoms with Crippen molar-refractivity contribution in [3.63, 3.8) is 0 Å². The maximum Gasteiger partial charge on any atom is 0.0897 e. The summed E-state index contributed by atoms with van der Waals surface area (Å²) in [4.78, 5) is 5.49. The van der Waals surface area contributed by atoms with Crippen LogP contribution in [0, 0.1) is 6.92 Å². The molecule has 0 amide bonds. The molecule has 0 spiro atoms. The summed E-state index contributed by atoms with van der Waals surface area (Å²) in [5.41, 5.74) is 9.23. The fraction of sp³-hybridized carbons (Fsp3) is 0.357. The lowest BCUT2D eigenvalue weighted by molar-refractivity contribution is 0.502. The number of benzene rings is 1. The molecule has 2 atom stereocenters. The van der Waals surface area contributed by atoms with Crippen LogP contribution >= 0.6 is 11.3 Å². The van der Waals surface area contributed by atoms with E-state index in [9.17, 15) is 0 Å². The number of aromatic nitrogens is 1. The molecule has 1 aliphatic carbocycles. The van der Waals surface area contributed by atoms with Crippen molar-refractivity contribution in [1.82, 2.24) is 4.98 Å². The van der Waals surface area contributed by atoms with Crippen LogP contribution in [0.3, 0.4) is 0 Å². The molecule has 1 heterocycles. The lowest BCUT2D eigenvalue weighted by Crippen LogP contribution is -2.22. The van der Waals surface area contributed by atoms with Gasteiger partial charge in [0.2, 0.25) is 0 Å². The molecule has 88 valence electrons. The zero-order valence-electron chi connectivity index (χ0n) is 9.89. The van der Waals surface area contributed by atoms with Crippen molar-refractivity contribution in [3.05, 3.63) is 51.5 Å². The fourth-order valence-corrected chi connectivity index (χ4v) is 3.34. The minimum atomic E-state index is 0.138. The van der Waals surface area contributed by atoms with Gasteiger partial charge in [0.05, 0.1) is 5.01 Å². The third kappa shape index (κ3) is 2.01. The van der Waals surface area contributed by atoms with Crippen LogP contribution in [-0.4, -0.2) is 4.98 Å². The Bertz CT molecular complexity index is 533. The van der Waals surface area contributed by atoms with Crippen LogP contribution in [0.25, 0.3) is 0 Å². The lowest BCUT2D eigenvalue weighted by Gasteiger charge is -2.31. The smallest absolute Gasteiger partial charge is 0.0897 e. The number of thiazole rings is 1. The Labute approximate surface area is 106 Å². The number of hydrogen-bond acceptors (Lipinski definition) is 3. The molecule has 3 heteroatoms. The highest BCUT2D eigenvalue weighted by molar-refractivity contribution is 7.11. The van der Waals surface area contributed by atoms with E-state index in [0.29, 0.717) is 5.92 Å². The van der Waals surface area contributed by atoms with Gasteiger partial charge in [0.25, 0.3) is 0 Å². The normalized spacial score (nSPS) is 19.5. The van der Waals surface area contributed by atoms with Crippen LogP contribution in [0.5, 0.6) is 0 Å². The average molecular weight is 244 g/mol. The topological polar surface area (TPSA) is 38.9 Å². The third-order valence-electron chi connectivity index (χ3n) is 3.50. The van der Waals surface area contributed by atoms with E-state index in [-0.39, 0.29) is 6.04 Å². The number of nitrogens with zero attached hydrogens (tertiary/aromatic N) is 1. The monoisotopic (exact) mass is 244 g/mol. The molecule has 1 aromatic carbocycles. The molecule has 0 bridgehead atoms. The average Bonchev–Trinajstić information content (AvgIpc) is 2.73. The van der Waals surface area contributed by atoms with Crippen LogP contribution in [-0.2, 0) is 6.42 Å². The van der Waals surface area contributed by atoms with Gasteiger partial charge in [0, 0.05) is 17.1 Å². The van der Waals surface area contributed by atoms with Gasteiger partial charge in [-0.2, -0.15) is 0 Å². The largest absolute Gasteiger partial charge is 0.323 e. The van der Waals surface area contributed by atoms with E-state index in [1.165, 1.54) is 22.4 Å². The van der Waals surface area contributed by atoms with E-state index in [2.05, 4.69) is 29.2 Å². The van der Waals surface area contributed by atoms with E-state index in [1.807, 2.05) is 13.1 Å². The first-order chi connectivity index (χ1) is 8.24. The molecule has 1 aliphatic rings. The first kappa shape index (κ1) is 10.9. The second-order valence-electron chi connectivity index (χ2n) is 4.72. The molecule has 3 rings (SSSR count). The van der Waals surface area contributed by atoms with Gasteiger partial charge >= 0.3 is 0 Å². The molecule has 1 aromatic heterocycles. The van der Waals surface area contributed by atoms with Crippen LogP contribution in [0.15, 0.2) is 30.5 Å². The van der Waals surface area contributed by atoms with E-state index in [1.54, 1.807) is 11.3 Å². The molecule has 2 aromatic rings. The number of hydrogen-bond donors (Lipinski definition) is 1. The van der Waals surface area contributed by atoms with Gasteiger partial charge in [-0.25, -0.2) is 4.98 Å². The summed E-state index contributed by atoms with van der Waals surface area (Å²) in [6, 6.07) is 8.82. The minimum absolute atomic E-state index is 0.138. The van der Waals surface area contributed by atoms with Gasteiger partial charge in [0.15, 0.2) is 0 Å². The highest BCUT2D eigenvalue weighted by Gasteiger charge is 2.27. The zero-order valence-corrected chi connectivity index (χ0v) is 10.7. The number of nitrogens with two attached hydrogens (primary N) is 1. The van der Waals surface area contributed by atoms with E-state index < -0.39 is 0 Å². The van der Waals surface area contributed by atoms with Crippen molar-refractivity contribution in [2.24, 2.45) is 5.73 Å². The Morgan fingerprint density at radius 2 is 2.29 bits per heavy atom. The molecule has 0 fully saturated rings. The Balaban J connectivity index is 1.70. The Hall–Kier alpha value is -1.19. The van der Waals surface area contributed by atoms with Crippen LogP contribution in [0.4, 0.5) is 0 Å². The Morgan fingerprint density at radius 1 is 1.47 bits per heavy atom. The predicted molar refractivity (Wildman–Crippen MR) is 71.3 cm³/mol. The summed E-state index contributed by atoms with van der Waals surface area (Å²) in [6.07, 6.45) is 4.15. The molecule has 0 radical (unpaired) electrons. The standard InChI is InChI=1S/C14H16N2S/c1-9-16-8-14(17-9)13(15)7-11-6-10-4-2-3-5-12(10)11/h2-5,8,11,13H,6-7,15H2,1H3. The summed E-state index contributed by atoms with van der Waals surface area (Å²) >= 11 is 1.72. The van der Waals surface area contributed by atoms with Gasteiger partial charge in [-0.1, -0.05) is 24.3 Å². The molecule has 0 saturated heterocycles. The van der Waals surface area contributed by atoms with Crippen LogP contribution in [0.1, 0.15) is 39.4 Å². The van der Waals surface area contributed by atoms with Crippen molar-refractivity contribution in [1.29, 1.82) is 0 Å². The molecular formula is C14H16N2S. The molecule has 17 heavy (non-hydrogen) atoms. The third-order valence-corrected chi connectivity index (χ3v) is 4.55. The highest BCUT2D eigenvalue weighted by atomic mass is 32.1. The summed E-state index contributed by atoms with van der Waals surface area (Å²) in [5.74, 6) is 0.642. The van der Waals surface area contributed by atoms with Gasteiger partial charge in [-0.15, -0.1) is 11.3 Å². The SMILES string of the molecule is Cc1ncc(C(N)CC2Cc3ccccc32)s1. The molecule has 0 aliphatic heterocycles. The van der Waals surface area contributed by atoms with Gasteiger partial charge in [-0.05, 0) is 36.8 Å².